The molecular weight excluding hydrogens is 345 g/mol. The van der Waals surface area contributed by atoms with E-state index < -0.39 is 5.41 Å². The molecule has 2 aliphatic rings. The maximum Gasteiger partial charge on any atom is 0.231 e. The Morgan fingerprint density at radius 2 is 2.11 bits per heavy atom. The summed E-state index contributed by atoms with van der Waals surface area (Å²) in [5.74, 6) is 0.336. The lowest BCUT2D eigenvalue weighted by Crippen LogP contribution is -2.40. The van der Waals surface area contributed by atoms with Gasteiger partial charge in [-0.1, -0.05) is 24.3 Å². The number of rotatable bonds is 5. The molecule has 0 spiro atoms. The van der Waals surface area contributed by atoms with Gasteiger partial charge in [0.1, 0.15) is 11.6 Å². The third kappa shape index (κ3) is 3.54. The van der Waals surface area contributed by atoms with Crippen molar-refractivity contribution in [3.8, 4) is 0 Å². The van der Waals surface area contributed by atoms with Gasteiger partial charge >= 0.3 is 0 Å². The zero-order chi connectivity index (χ0) is 18.9. The van der Waals surface area contributed by atoms with E-state index in [9.17, 15) is 14.3 Å². The van der Waals surface area contributed by atoms with Crippen molar-refractivity contribution in [2.45, 2.75) is 43.7 Å². The monoisotopic (exact) mass is 369 g/mol. The van der Waals surface area contributed by atoms with Crippen LogP contribution in [0.3, 0.4) is 0 Å². The molecule has 1 saturated heterocycles. The largest absolute Gasteiger partial charge is 0.391 e. The van der Waals surface area contributed by atoms with E-state index in [1.165, 1.54) is 6.07 Å². The molecule has 6 heteroatoms. The van der Waals surface area contributed by atoms with E-state index in [2.05, 4.69) is 15.2 Å². The van der Waals surface area contributed by atoms with E-state index in [0.717, 1.165) is 30.8 Å². The summed E-state index contributed by atoms with van der Waals surface area (Å²) in [4.78, 5) is 19.4. The number of halogens is 1. The van der Waals surface area contributed by atoms with Gasteiger partial charge in [-0.15, -0.1) is 0 Å². The summed E-state index contributed by atoms with van der Waals surface area (Å²) >= 11 is 0. The van der Waals surface area contributed by atoms with Gasteiger partial charge in [-0.05, 0) is 37.8 Å². The number of carbonyl (C=O) groups excluding carboxylic acids is 1. The van der Waals surface area contributed by atoms with E-state index in [1.807, 2.05) is 12.1 Å². The first-order valence-corrected chi connectivity index (χ1v) is 9.50. The lowest BCUT2D eigenvalue weighted by molar-refractivity contribution is -0.123. The molecule has 4 rings (SSSR count). The zero-order valence-corrected chi connectivity index (χ0v) is 15.2. The van der Waals surface area contributed by atoms with Crippen LogP contribution < -0.4 is 10.2 Å². The highest BCUT2D eigenvalue weighted by atomic mass is 19.1. The Hall–Kier alpha value is -2.47. The Labute approximate surface area is 158 Å². The molecule has 0 bridgehead atoms. The summed E-state index contributed by atoms with van der Waals surface area (Å²) in [6, 6.07) is 10.3. The Balaban J connectivity index is 1.48. The fourth-order valence-corrected chi connectivity index (χ4v) is 3.94. The molecule has 142 valence electrons. The van der Waals surface area contributed by atoms with Gasteiger partial charge in [0, 0.05) is 37.0 Å². The average Bonchev–Trinajstić information content (AvgIpc) is 3.48. The fraction of sp³-hybridized carbons (Fsp3) is 0.429. The van der Waals surface area contributed by atoms with Gasteiger partial charge in [0.15, 0.2) is 0 Å². The third-order valence-electron chi connectivity index (χ3n) is 5.58. The highest BCUT2D eigenvalue weighted by Crippen LogP contribution is 2.49. The fourth-order valence-electron chi connectivity index (χ4n) is 3.94. The minimum absolute atomic E-state index is 0.138. The lowest BCUT2D eigenvalue weighted by atomic mass is 9.94. The molecule has 1 aliphatic carbocycles. The SMILES string of the molecule is O=C(NCc1cccnc1N1CCCC(O)C1)C1(c2ccccc2F)CC1. The van der Waals surface area contributed by atoms with Gasteiger partial charge in [0.2, 0.25) is 5.91 Å². The van der Waals surface area contributed by atoms with E-state index in [1.54, 1.807) is 24.4 Å². The summed E-state index contributed by atoms with van der Waals surface area (Å²) in [6.45, 7) is 1.73. The summed E-state index contributed by atoms with van der Waals surface area (Å²) < 4.78 is 14.2. The maximum absolute atomic E-state index is 14.2. The van der Waals surface area contributed by atoms with E-state index >= 15 is 0 Å². The number of hydrogen-bond acceptors (Lipinski definition) is 4. The molecule has 1 saturated carbocycles. The van der Waals surface area contributed by atoms with Crippen LogP contribution in [0, 0.1) is 5.82 Å². The molecule has 1 aromatic carbocycles. The summed E-state index contributed by atoms with van der Waals surface area (Å²) in [5.41, 5.74) is 0.645. The number of anilines is 1. The predicted octanol–water partition coefficient (Wildman–Crippen LogP) is 2.53. The normalized spacial score (nSPS) is 21.0. The van der Waals surface area contributed by atoms with Crippen LogP contribution in [0.4, 0.5) is 10.2 Å². The number of nitrogens with zero attached hydrogens (tertiary/aromatic N) is 2. The standard InChI is InChI=1S/C21H24FN3O2/c22-18-8-2-1-7-17(18)21(9-10-21)20(27)24-13-15-5-3-11-23-19(15)25-12-4-6-16(26)14-25/h1-3,5,7-8,11,16,26H,4,6,9-10,12-14H2,(H,24,27). The number of β-amino-alcohol motifs (C(OH)–C–C–N with tert-alkyl or cyclic N) is 1. The lowest BCUT2D eigenvalue weighted by Gasteiger charge is -2.32. The van der Waals surface area contributed by atoms with Crippen LogP contribution in [0.1, 0.15) is 36.8 Å². The van der Waals surface area contributed by atoms with Crippen molar-refractivity contribution in [1.82, 2.24) is 10.3 Å². The average molecular weight is 369 g/mol. The molecule has 1 unspecified atom stereocenters. The highest BCUT2D eigenvalue weighted by Gasteiger charge is 2.52. The first-order valence-electron chi connectivity index (χ1n) is 9.50. The Kier molecular flexibility index (Phi) is 4.83. The molecule has 2 aromatic rings. The minimum Gasteiger partial charge on any atom is -0.391 e. The molecule has 1 aromatic heterocycles. The number of piperidine rings is 1. The van der Waals surface area contributed by atoms with Crippen molar-refractivity contribution in [3.05, 3.63) is 59.5 Å². The van der Waals surface area contributed by atoms with Gasteiger partial charge in [0.25, 0.3) is 0 Å². The molecule has 2 fully saturated rings. The first kappa shape index (κ1) is 17.9. The van der Waals surface area contributed by atoms with Crippen molar-refractivity contribution in [1.29, 1.82) is 0 Å². The number of hydrogen-bond donors (Lipinski definition) is 2. The molecule has 2 N–H and O–H groups in total. The Morgan fingerprint density at radius 3 is 2.85 bits per heavy atom. The third-order valence-corrected chi connectivity index (χ3v) is 5.58. The smallest absolute Gasteiger partial charge is 0.231 e. The molecule has 27 heavy (non-hydrogen) atoms. The van der Waals surface area contributed by atoms with Crippen molar-refractivity contribution in [2.75, 3.05) is 18.0 Å². The van der Waals surface area contributed by atoms with Crippen LogP contribution in [0.15, 0.2) is 42.6 Å². The number of amides is 1. The number of aliphatic hydroxyl groups is 1. The molecule has 2 heterocycles. The number of nitrogens with one attached hydrogen (secondary N) is 1. The van der Waals surface area contributed by atoms with Crippen LogP contribution in [0.5, 0.6) is 0 Å². The quantitative estimate of drug-likeness (QED) is 0.850. The number of carbonyl (C=O) groups is 1. The van der Waals surface area contributed by atoms with Crippen LogP contribution in [0.2, 0.25) is 0 Å². The van der Waals surface area contributed by atoms with Crippen LogP contribution in [-0.4, -0.2) is 35.2 Å². The van der Waals surface area contributed by atoms with Crippen LogP contribution >= 0.6 is 0 Å². The molecule has 0 radical (unpaired) electrons. The van der Waals surface area contributed by atoms with Crippen LogP contribution in [-0.2, 0) is 16.8 Å². The second kappa shape index (κ2) is 7.27. The van der Waals surface area contributed by atoms with Gasteiger partial charge in [-0.3, -0.25) is 4.79 Å². The van der Waals surface area contributed by atoms with Gasteiger partial charge in [-0.2, -0.15) is 0 Å². The topological polar surface area (TPSA) is 65.5 Å². The second-order valence-corrected chi connectivity index (χ2v) is 7.47. The van der Waals surface area contributed by atoms with Crippen molar-refractivity contribution >= 4 is 11.7 Å². The number of benzene rings is 1. The van der Waals surface area contributed by atoms with Crippen molar-refractivity contribution in [2.24, 2.45) is 0 Å². The van der Waals surface area contributed by atoms with Gasteiger partial charge in [0.05, 0.1) is 11.5 Å². The summed E-state index contributed by atoms with van der Waals surface area (Å²) in [7, 11) is 0. The van der Waals surface area contributed by atoms with Gasteiger partial charge in [-0.25, -0.2) is 9.37 Å². The molecule has 5 nitrogen and oxygen atoms in total. The molecule has 1 atom stereocenters. The van der Waals surface area contributed by atoms with E-state index in [4.69, 9.17) is 0 Å². The van der Waals surface area contributed by atoms with Crippen LogP contribution in [0.25, 0.3) is 0 Å². The Morgan fingerprint density at radius 1 is 1.30 bits per heavy atom. The van der Waals surface area contributed by atoms with Crippen molar-refractivity contribution in [3.63, 3.8) is 0 Å². The second-order valence-electron chi connectivity index (χ2n) is 7.47. The van der Waals surface area contributed by atoms with Gasteiger partial charge < -0.3 is 15.3 Å². The molecular formula is C21H24FN3O2. The Bertz CT molecular complexity index is 838. The molecule has 1 amide bonds. The minimum atomic E-state index is -0.741. The van der Waals surface area contributed by atoms with E-state index in [-0.39, 0.29) is 17.8 Å². The number of pyridine rings is 1. The summed E-state index contributed by atoms with van der Waals surface area (Å²) in [5, 5.41) is 12.9. The highest BCUT2D eigenvalue weighted by molar-refractivity contribution is 5.91. The van der Waals surface area contributed by atoms with Crippen molar-refractivity contribution < 1.29 is 14.3 Å². The zero-order valence-electron chi connectivity index (χ0n) is 15.2. The number of aliphatic hydroxyl groups excluding tert-OH is 1. The molecule has 1 aliphatic heterocycles. The first-order chi connectivity index (χ1) is 13.1. The summed E-state index contributed by atoms with van der Waals surface area (Å²) in [6.07, 6.45) is 4.43. The maximum atomic E-state index is 14.2. The number of aromatic nitrogens is 1. The van der Waals surface area contributed by atoms with E-state index in [0.29, 0.717) is 31.5 Å². The predicted molar refractivity (Wildman–Crippen MR) is 101 cm³/mol.